The van der Waals surface area contributed by atoms with Crippen molar-refractivity contribution in [3.05, 3.63) is 0 Å². The molecule has 0 saturated carbocycles. The highest BCUT2D eigenvalue weighted by Gasteiger charge is 1.88. The molecule has 0 aliphatic carbocycles. The van der Waals surface area contributed by atoms with Crippen molar-refractivity contribution in [2.45, 2.75) is 19.4 Å². The van der Waals surface area contributed by atoms with Crippen molar-refractivity contribution in [1.29, 1.82) is 0 Å². The summed E-state index contributed by atoms with van der Waals surface area (Å²) in [6.07, 6.45) is 0.134. The van der Waals surface area contributed by atoms with E-state index in [9.17, 15) is 0 Å². The second-order valence-corrected chi connectivity index (χ2v) is 1.36. The molecule has 0 rings (SSSR count). The maximum Gasteiger partial charge on any atom is 0.0533 e. The van der Waals surface area contributed by atoms with E-state index < -0.39 is 0 Å². The molecule has 7 heavy (non-hydrogen) atoms. The van der Waals surface area contributed by atoms with Crippen LogP contribution in [0.1, 0.15) is 13.3 Å². The van der Waals surface area contributed by atoms with Crippen LogP contribution in [0.3, 0.4) is 0 Å². The first-order valence-electron chi connectivity index (χ1n) is 2.06. The van der Waals surface area contributed by atoms with E-state index in [-0.39, 0.29) is 18.2 Å². The molecule has 0 radical (unpaired) electrons. The number of rotatable bonds is 2. The third-order valence-electron chi connectivity index (χ3n) is 0.547. The van der Waals surface area contributed by atoms with Crippen molar-refractivity contribution >= 4 is 0 Å². The second-order valence-electron chi connectivity index (χ2n) is 1.36. The van der Waals surface area contributed by atoms with Gasteiger partial charge in [0.15, 0.2) is 0 Å². The molecule has 0 aromatic heterocycles. The van der Waals surface area contributed by atoms with E-state index in [0.29, 0.717) is 6.42 Å². The number of hydrogen-bond acceptors (Lipinski definition) is 2. The van der Waals surface area contributed by atoms with Gasteiger partial charge in [0, 0.05) is 6.61 Å². The third kappa shape index (κ3) is 10.7. The molecule has 0 saturated heterocycles. The van der Waals surface area contributed by atoms with E-state index in [2.05, 4.69) is 0 Å². The molecule has 0 aliphatic rings. The van der Waals surface area contributed by atoms with Gasteiger partial charge in [0.2, 0.25) is 0 Å². The molecule has 1 atom stereocenters. The van der Waals surface area contributed by atoms with E-state index in [1.54, 1.807) is 6.92 Å². The number of aliphatic hydroxyl groups is 2. The van der Waals surface area contributed by atoms with Gasteiger partial charge in [-0.3, -0.25) is 0 Å². The first-order valence-corrected chi connectivity index (χ1v) is 2.06. The molecule has 4 N–H and O–H groups in total. The molecular formula is C4H12O3. The van der Waals surface area contributed by atoms with Crippen LogP contribution in [0.5, 0.6) is 0 Å². The molecule has 0 aromatic rings. The summed E-state index contributed by atoms with van der Waals surface area (Å²) >= 11 is 0. The van der Waals surface area contributed by atoms with Crippen LogP contribution in [0.4, 0.5) is 0 Å². The SMILES string of the molecule is CC(O)CCO.O. The lowest BCUT2D eigenvalue weighted by molar-refractivity contribution is 0.148. The molecular weight excluding hydrogens is 96.0 g/mol. The zero-order valence-corrected chi connectivity index (χ0v) is 4.39. The lowest BCUT2D eigenvalue weighted by Crippen LogP contribution is -2.00. The van der Waals surface area contributed by atoms with Gasteiger partial charge in [-0.05, 0) is 13.3 Å². The van der Waals surface area contributed by atoms with Gasteiger partial charge >= 0.3 is 0 Å². The van der Waals surface area contributed by atoms with Crippen molar-refractivity contribution in [2.75, 3.05) is 6.61 Å². The average molecular weight is 108 g/mol. The van der Waals surface area contributed by atoms with Crippen molar-refractivity contribution in [2.24, 2.45) is 0 Å². The Bertz CT molecular complexity index is 28.1. The molecule has 1 unspecified atom stereocenters. The maximum atomic E-state index is 8.39. The quantitative estimate of drug-likeness (QED) is 0.472. The molecule has 0 fully saturated rings. The van der Waals surface area contributed by atoms with Crippen molar-refractivity contribution < 1.29 is 15.7 Å². The standard InChI is InChI=1S/C4H10O2.H2O/c1-4(6)2-3-5;/h4-6H,2-3H2,1H3;1H2. The van der Waals surface area contributed by atoms with Gasteiger partial charge in [0.25, 0.3) is 0 Å². The third-order valence-corrected chi connectivity index (χ3v) is 0.547. The van der Waals surface area contributed by atoms with Crippen molar-refractivity contribution in [3.8, 4) is 0 Å². The minimum Gasteiger partial charge on any atom is -0.412 e. The van der Waals surface area contributed by atoms with E-state index in [1.165, 1.54) is 0 Å². The highest BCUT2D eigenvalue weighted by atomic mass is 16.3. The van der Waals surface area contributed by atoms with Crippen LogP contribution in [-0.2, 0) is 0 Å². The number of hydrogen-bond donors (Lipinski definition) is 2. The summed E-state index contributed by atoms with van der Waals surface area (Å²) in [7, 11) is 0. The Morgan fingerprint density at radius 3 is 2.00 bits per heavy atom. The molecule has 0 spiro atoms. The molecule has 3 heteroatoms. The van der Waals surface area contributed by atoms with Gasteiger partial charge in [-0.2, -0.15) is 0 Å². The summed E-state index contributed by atoms with van der Waals surface area (Å²) in [6, 6.07) is 0. The zero-order valence-electron chi connectivity index (χ0n) is 4.39. The van der Waals surface area contributed by atoms with Gasteiger partial charge in [0.05, 0.1) is 6.10 Å². The topological polar surface area (TPSA) is 72.0 Å². The summed E-state index contributed by atoms with van der Waals surface area (Å²) in [6.45, 7) is 1.73. The Balaban J connectivity index is 0. The van der Waals surface area contributed by atoms with E-state index in [0.717, 1.165) is 0 Å². The first kappa shape index (κ1) is 9.99. The fourth-order valence-electron chi connectivity index (χ4n) is 0.187. The van der Waals surface area contributed by atoms with Gasteiger partial charge in [-0.25, -0.2) is 0 Å². The van der Waals surface area contributed by atoms with Crippen LogP contribution < -0.4 is 0 Å². The highest BCUT2D eigenvalue weighted by Crippen LogP contribution is 1.83. The van der Waals surface area contributed by atoms with E-state index in [1.807, 2.05) is 0 Å². The smallest absolute Gasteiger partial charge is 0.0533 e. The summed E-state index contributed by atoms with van der Waals surface area (Å²) in [4.78, 5) is 0. The fraction of sp³-hybridized carbons (Fsp3) is 1.00. The van der Waals surface area contributed by atoms with Gasteiger partial charge < -0.3 is 15.7 Å². The van der Waals surface area contributed by atoms with E-state index >= 15 is 0 Å². The molecule has 0 bridgehead atoms. The fourth-order valence-corrected chi connectivity index (χ4v) is 0.187. The lowest BCUT2D eigenvalue weighted by Gasteiger charge is -1.95. The molecule has 3 nitrogen and oxygen atoms in total. The van der Waals surface area contributed by atoms with Crippen LogP contribution in [0.25, 0.3) is 0 Å². The maximum absolute atomic E-state index is 8.39. The lowest BCUT2D eigenvalue weighted by atomic mass is 10.3. The van der Waals surface area contributed by atoms with Crippen LogP contribution >= 0.6 is 0 Å². The Morgan fingerprint density at radius 1 is 1.57 bits per heavy atom. The largest absolute Gasteiger partial charge is 0.412 e. The summed E-state index contributed by atoms with van der Waals surface area (Å²) in [5.41, 5.74) is 0. The van der Waals surface area contributed by atoms with Gasteiger partial charge in [0.1, 0.15) is 0 Å². The average Bonchev–Trinajstić information content (AvgIpc) is 1.35. The first-order chi connectivity index (χ1) is 2.77. The second kappa shape index (κ2) is 5.88. The summed E-state index contributed by atoms with van der Waals surface area (Å²) in [5, 5.41) is 16.5. The molecule has 0 heterocycles. The minimum absolute atomic E-state index is 0. The molecule has 0 amide bonds. The summed E-state index contributed by atoms with van der Waals surface area (Å²) < 4.78 is 0. The number of aliphatic hydroxyl groups excluding tert-OH is 2. The van der Waals surface area contributed by atoms with Crippen molar-refractivity contribution in [1.82, 2.24) is 0 Å². The predicted octanol–water partition coefficient (Wildman–Crippen LogP) is -1.08. The Morgan fingerprint density at radius 2 is 2.00 bits per heavy atom. The predicted molar refractivity (Wildman–Crippen MR) is 27.0 cm³/mol. The monoisotopic (exact) mass is 108 g/mol. The van der Waals surface area contributed by atoms with Crippen LogP contribution in [-0.4, -0.2) is 28.4 Å². The summed E-state index contributed by atoms with van der Waals surface area (Å²) in [5.74, 6) is 0. The van der Waals surface area contributed by atoms with Crippen LogP contribution in [0, 0.1) is 0 Å². The molecule has 46 valence electrons. The van der Waals surface area contributed by atoms with E-state index in [4.69, 9.17) is 10.2 Å². The zero-order chi connectivity index (χ0) is 4.99. The molecule has 0 aliphatic heterocycles. The highest BCUT2D eigenvalue weighted by molar-refractivity contribution is 4.40. The van der Waals surface area contributed by atoms with Gasteiger partial charge in [-0.1, -0.05) is 0 Å². The Kier molecular flexibility index (Phi) is 8.39. The minimum atomic E-state index is -0.352. The van der Waals surface area contributed by atoms with Crippen molar-refractivity contribution in [3.63, 3.8) is 0 Å². The van der Waals surface area contributed by atoms with Crippen LogP contribution in [0.15, 0.2) is 0 Å². The van der Waals surface area contributed by atoms with Crippen LogP contribution in [0.2, 0.25) is 0 Å². The molecule has 0 aromatic carbocycles. The Labute approximate surface area is 42.9 Å². The van der Waals surface area contributed by atoms with Gasteiger partial charge in [-0.15, -0.1) is 0 Å². The normalized spacial score (nSPS) is 12.4. The Hall–Kier alpha value is -0.120.